The summed E-state index contributed by atoms with van der Waals surface area (Å²) >= 11 is 4.54. The molecule has 0 fully saturated rings. The lowest BCUT2D eigenvalue weighted by Gasteiger charge is -2.25. The number of carboxylic acids is 1. The zero-order valence-corrected chi connectivity index (χ0v) is 15.4. The molecule has 7 nitrogen and oxygen atoms in total. The van der Waals surface area contributed by atoms with Crippen LogP contribution < -0.4 is 10.1 Å². The molecule has 1 heterocycles. The molecule has 1 aromatic rings. The highest BCUT2D eigenvalue weighted by atomic mass is 79.9. The number of nitrogens with zero attached hydrogens (tertiary/aromatic N) is 1. The van der Waals surface area contributed by atoms with Crippen molar-refractivity contribution in [2.24, 2.45) is 0 Å². The van der Waals surface area contributed by atoms with Crippen LogP contribution in [-0.4, -0.2) is 46.2 Å². The van der Waals surface area contributed by atoms with Gasteiger partial charge in [-0.3, -0.25) is 0 Å². The number of aromatic nitrogens is 1. The molecule has 0 saturated carbocycles. The number of aliphatic carboxylic acids is 1. The number of halogens is 1. The maximum absolute atomic E-state index is 11.6. The topological polar surface area (TPSA) is 97.8 Å². The molecular formula is C14H19BrN2O5S. The summed E-state index contributed by atoms with van der Waals surface area (Å²) in [6, 6.07) is 0. The van der Waals surface area contributed by atoms with Crippen molar-refractivity contribution in [3.05, 3.63) is 22.0 Å². The summed E-state index contributed by atoms with van der Waals surface area (Å²) < 4.78 is 15.5. The van der Waals surface area contributed by atoms with Gasteiger partial charge in [0, 0.05) is 29.6 Å². The average Bonchev–Trinajstić information content (AvgIpc) is 2.84. The lowest BCUT2D eigenvalue weighted by Crippen LogP contribution is -2.44. The minimum Gasteiger partial charge on any atom is -0.478 e. The molecule has 2 N–H and O–H groups in total. The van der Waals surface area contributed by atoms with Crippen molar-refractivity contribution in [2.45, 2.75) is 32.4 Å². The van der Waals surface area contributed by atoms with E-state index >= 15 is 0 Å². The van der Waals surface area contributed by atoms with Gasteiger partial charge in [-0.15, -0.1) is 0 Å². The van der Waals surface area contributed by atoms with Crippen molar-refractivity contribution in [2.75, 3.05) is 13.2 Å². The second-order valence-electron chi connectivity index (χ2n) is 5.64. The standard InChI is InChI=1S/C14H19BrN2O5S/c1-14(2,3)16-6-9(22-12(20)5-4-11(18)19)7-21-13-10(15)8-23-17-13/h4-5,8-9,16H,6-7H2,1-3H3,(H,18,19)/b5-4-/t9-/m0/s1. The number of carbonyl (C=O) groups is 2. The van der Waals surface area contributed by atoms with Crippen LogP contribution in [0.1, 0.15) is 20.8 Å². The summed E-state index contributed by atoms with van der Waals surface area (Å²) in [6.45, 7) is 6.40. The Bertz CT molecular complexity index is 568. The maximum Gasteiger partial charge on any atom is 0.331 e. The van der Waals surface area contributed by atoms with E-state index in [9.17, 15) is 9.59 Å². The van der Waals surface area contributed by atoms with Gasteiger partial charge in [0.25, 0.3) is 0 Å². The SMILES string of the molecule is CC(C)(C)NC[C@@H](COc1nscc1Br)OC(=O)/C=C\C(=O)O. The molecule has 0 bridgehead atoms. The number of nitrogens with one attached hydrogen (secondary N) is 1. The van der Waals surface area contributed by atoms with E-state index in [1.807, 2.05) is 20.8 Å². The van der Waals surface area contributed by atoms with Gasteiger partial charge in [0.2, 0.25) is 5.88 Å². The Morgan fingerprint density at radius 3 is 2.70 bits per heavy atom. The van der Waals surface area contributed by atoms with Crippen molar-refractivity contribution < 1.29 is 24.2 Å². The second-order valence-corrected chi connectivity index (χ2v) is 7.12. The molecule has 9 heteroatoms. The minimum atomic E-state index is -1.21. The summed E-state index contributed by atoms with van der Waals surface area (Å²) in [5.74, 6) is -1.53. The molecule has 128 valence electrons. The first-order chi connectivity index (χ1) is 10.7. The number of esters is 1. The van der Waals surface area contributed by atoms with E-state index in [1.54, 1.807) is 5.38 Å². The van der Waals surface area contributed by atoms with Gasteiger partial charge < -0.3 is 19.9 Å². The summed E-state index contributed by atoms with van der Waals surface area (Å²) in [5.41, 5.74) is -0.164. The van der Waals surface area contributed by atoms with Gasteiger partial charge in [-0.1, -0.05) is 0 Å². The quantitative estimate of drug-likeness (QED) is 0.504. The van der Waals surface area contributed by atoms with Crippen LogP contribution in [0.5, 0.6) is 5.88 Å². The fraction of sp³-hybridized carbons (Fsp3) is 0.500. The maximum atomic E-state index is 11.6. The predicted molar refractivity (Wildman–Crippen MR) is 89.7 cm³/mol. The fourth-order valence-corrected chi connectivity index (χ4v) is 2.44. The van der Waals surface area contributed by atoms with Crippen molar-refractivity contribution in [1.82, 2.24) is 9.69 Å². The van der Waals surface area contributed by atoms with Gasteiger partial charge >= 0.3 is 11.9 Å². The predicted octanol–water partition coefficient (Wildman–Crippen LogP) is 2.23. The number of hydrogen-bond donors (Lipinski definition) is 2. The highest BCUT2D eigenvalue weighted by Gasteiger charge is 2.19. The van der Waals surface area contributed by atoms with Gasteiger partial charge in [-0.25, -0.2) is 9.59 Å². The highest BCUT2D eigenvalue weighted by molar-refractivity contribution is 9.10. The Labute approximate surface area is 147 Å². The van der Waals surface area contributed by atoms with E-state index < -0.39 is 18.0 Å². The molecule has 0 aromatic carbocycles. The third-order valence-corrected chi connectivity index (χ3v) is 3.89. The molecule has 0 saturated heterocycles. The zero-order chi connectivity index (χ0) is 17.5. The Morgan fingerprint density at radius 1 is 1.48 bits per heavy atom. The molecule has 0 aliphatic rings. The normalized spacial score (nSPS) is 13.0. The molecular weight excluding hydrogens is 388 g/mol. The molecule has 0 unspecified atom stereocenters. The third kappa shape index (κ3) is 8.68. The van der Waals surface area contributed by atoms with Crippen LogP contribution in [0.15, 0.2) is 22.0 Å². The first-order valence-electron chi connectivity index (χ1n) is 6.76. The van der Waals surface area contributed by atoms with Gasteiger partial charge in [0.1, 0.15) is 12.7 Å². The largest absolute Gasteiger partial charge is 0.478 e. The molecule has 1 atom stereocenters. The Kier molecular flexibility index (Phi) is 7.66. The lowest BCUT2D eigenvalue weighted by atomic mass is 10.1. The molecule has 1 rings (SSSR count). The van der Waals surface area contributed by atoms with Crippen LogP contribution in [0.3, 0.4) is 0 Å². The van der Waals surface area contributed by atoms with Crippen LogP contribution in [-0.2, 0) is 14.3 Å². The summed E-state index contributed by atoms with van der Waals surface area (Å²) in [6.07, 6.45) is 1.01. The Balaban J connectivity index is 2.62. The molecule has 23 heavy (non-hydrogen) atoms. The van der Waals surface area contributed by atoms with E-state index in [1.165, 1.54) is 11.5 Å². The van der Waals surface area contributed by atoms with E-state index in [4.69, 9.17) is 14.6 Å². The van der Waals surface area contributed by atoms with E-state index in [2.05, 4.69) is 25.6 Å². The number of rotatable bonds is 8. The smallest absolute Gasteiger partial charge is 0.331 e. The third-order valence-electron chi connectivity index (χ3n) is 2.41. The van der Waals surface area contributed by atoms with E-state index in [0.717, 1.165) is 16.6 Å². The van der Waals surface area contributed by atoms with Crippen LogP contribution in [0.25, 0.3) is 0 Å². The van der Waals surface area contributed by atoms with Crippen molar-refractivity contribution in [1.29, 1.82) is 0 Å². The molecule has 0 aliphatic carbocycles. The summed E-state index contributed by atoms with van der Waals surface area (Å²) in [4.78, 5) is 22.1. The van der Waals surface area contributed by atoms with Gasteiger partial charge in [0.15, 0.2) is 0 Å². The van der Waals surface area contributed by atoms with Crippen LogP contribution in [0, 0.1) is 0 Å². The Hall–Kier alpha value is -1.45. The molecule has 0 radical (unpaired) electrons. The van der Waals surface area contributed by atoms with Crippen LogP contribution in [0.2, 0.25) is 0 Å². The molecule has 0 aliphatic heterocycles. The average molecular weight is 407 g/mol. The minimum absolute atomic E-state index is 0.0953. The number of carboxylic acid groups (broad SMARTS) is 1. The van der Waals surface area contributed by atoms with Crippen molar-refractivity contribution >= 4 is 39.4 Å². The monoisotopic (exact) mass is 406 g/mol. The zero-order valence-electron chi connectivity index (χ0n) is 13.0. The van der Waals surface area contributed by atoms with E-state index in [0.29, 0.717) is 12.4 Å². The fourth-order valence-electron chi connectivity index (χ4n) is 1.38. The number of ether oxygens (including phenoxy) is 2. The lowest BCUT2D eigenvalue weighted by molar-refractivity contribution is -0.145. The number of carbonyl (C=O) groups excluding carboxylic acids is 1. The second kappa shape index (κ2) is 8.99. The highest BCUT2D eigenvalue weighted by Crippen LogP contribution is 2.25. The number of hydrogen-bond acceptors (Lipinski definition) is 7. The van der Waals surface area contributed by atoms with Gasteiger partial charge in [-0.2, -0.15) is 4.37 Å². The first-order valence-corrected chi connectivity index (χ1v) is 8.39. The van der Waals surface area contributed by atoms with Crippen molar-refractivity contribution in [3.8, 4) is 5.88 Å². The molecule has 0 spiro atoms. The van der Waals surface area contributed by atoms with Crippen LogP contribution in [0.4, 0.5) is 0 Å². The summed E-state index contributed by atoms with van der Waals surface area (Å²) in [7, 11) is 0. The van der Waals surface area contributed by atoms with Crippen LogP contribution >= 0.6 is 27.5 Å². The Morgan fingerprint density at radius 2 is 2.17 bits per heavy atom. The van der Waals surface area contributed by atoms with Gasteiger partial charge in [0.05, 0.1) is 4.47 Å². The molecule has 0 amide bonds. The van der Waals surface area contributed by atoms with Crippen molar-refractivity contribution in [3.63, 3.8) is 0 Å². The molecule has 1 aromatic heterocycles. The first kappa shape index (κ1) is 19.6. The van der Waals surface area contributed by atoms with Gasteiger partial charge in [-0.05, 0) is 48.2 Å². The van der Waals surface area contributed by atoms with E-state index in [-0.39, 0.29) is 12.1 Å². The summed E-state index contributed by atoms with van der Waals surface area (Å²) in [5, 5.41) is 13.5.